The van der Waals surface area contributed by atoms with Gasteiger partial charge in [0, 0.05) is 39.3 Å². The molecule has 10 nitrogen and oxygen atoms in total. The highest BCUT2D eigenvalue weighted by Crippen LogP contribution is 2.29. The topological polar surface area (TPSA) is 131 Å². The third kappa shape index (κ3) is 4.78. The van der Waals surface area contributed by atoms with E-state index in [1.165, 1.54) is 23.7 Å². The van der Waals surface area contributed by atoms with Crippen molar-refractivity contribution in [1.29, 1.82) is 0 Å². The van der Waals surface area contributed by atoms with Gasteiger partial charge in [-0.2, -0.15) is 0 Å². The molecule has 1 aromatic carbocycles. The molecule has 2 fully saturated rings. The lowest BCUT2D eigenvalue weighted by molar-refractivity contribution is 0.0824. The highest BCUT2D eigenvalue weighted by molar-refractivity contribution is 7.92. The van der Waals surface area contributed by atoms with Gasteiger partial charge in [0.15, 0.2) is 5.69 Å². The molecule has 4 rings (SSSR count). The van der Waals surface area contributed by atoms with Crippen LogP contribution in [0.2, 0.25) is 0 Å². The smallest absolute Gasteiger partial charge is 0.296 e. The number of nitrogens with one attached hydrogen (secondary N) is 1. The minimum absolute atomic E-state index is 0.0323. The first-order valence-electron chi connectivity index (χ1n) is 11.1. The van der Waals surface area contributed by atoms with Gasteiger partial charge in [-0.1, -0.05) is 6.07 Å². The molecule has 0 bridgehead atoms. The Labute approximate surface area is 196 Å². The summed E-state index contributed by atoms with van der Waals surface area (Å²) in [6.45, 7) is 1.09. The monoisotopic (exact) mass is 494 g/mol. The fourth-order valence-electron chi connectivity index (χ4n) is 4.32. The van der Waals surface area contributed by atoms with Crippen LogP contribution in [0.1, 0.15) is 53.5 Å². The van der Waals surface area contributed by atoms with Crippen molar-refractivity contribution in [2.45, 2.75) is 38.1 Å². The Bertz CT molecular complexity index is 1260. The standard InChI is InChI=1S/C22H27FN4O6S/c1-26-20(14-6-9-33-10-7-14)25-18(19(28)22(26)30)21(29)24-13-15-4-5-16(23)12-17(15)27-8-2-3-11-34(27,31)32/h4-5,12,14,28H,2-3,6-11,13H2,1H3,(H,24,29). The Morgan fingerprint density at radius 1 is 1.29 bits per heavy atom. The summed E-state index contributed by atoms with van der Waals surface area (Å²) in [4.78, 5) is 29.8. The van der Waals surface area contributed by atoms with Crippen LogP contribution in [0.4, 0.5) is 10.1 Å². The summed E-state index contributed by atoms with van der Waals surface area (Å²) >= 11 is 0. The molecule has 2 aliphatic heterocycles. The van der Waals surface area contributed by atoms with Gasteiger partial charge in [0.1, 0.15) is 11.6 Å². The number of aromatic nitrogens is 2. The van der Waals surface area contributed by atoms with Crippen LogP contribution in [0.25, 0.3) is 0 Å². The van der Waals surface area contributed by atoms with E-state index < -0.39 is 38.8 Å². The van der Waals surface area contributed by atoms with E-state index in [2.05, 4.69) is 10.3 Å². The molecule has 1 amide bonds. The van der Waals surface area contributed by atoms with Crippen LogP contribution >= 0.6 is 0 Å². The van der Waals surface area contributed by atoms with Gasteiger partial charge in [0.25, 0.3) is 11.5 Å². The van der Waals surface area contributed by atoms with Gasteiger partial charge < -0.3 is 15.2 Å². The maximum Gasteiger partial charge on any atom is 0.296 e. The van der Waals surface area contributed by atoms with E-state index >= 15 is 0 Å². The average Bonchev–Trinajstić information content (AvgIpc) is 2.82. The summed E-state index contributed by atoms with van der Waals surface area (Å²) in [5.41, 5.74) is -0.598. The second kappa shape index (κ2) is 9.71. The molecule has 34 heavy (non-hydrogen) atoms. The molecule has 0 aliphatic carbocycles. The van der Waals surface area contributed by atoms with E-state index in [1.807, 2.05) is 0 Å². The van der Waals surface area contributed by atoms with Crippen LogP contribution in [-0.2, 0) is 28.4 Å². The first-order chi connectivity index (χ1) is 16.2. The molecule has 2 aliphatic rings. The number of nitrogens with zero attached hydrogens (tertiary/aromatic N) is 3. The van der Waals surface area contributed by atoms with Crippen LogP contribution in [0.3, 0.4) is 0 Å². The highest BCUT2D eigenvalue weighted by atomic mass is 32.2. The van der Waals surface area contributed by atoms with Crippen molar-refractivity contribution in [1.82, 2.24) is 14.9 Å². The van der Waals surface area contributed by atoms with E-state index in [0.29, 0.717) is 50.3 Å². The van der Waals surface area contributed by atoms with Crippen molar-refractivity contribution in [3.8, 4) is 5.75 Å². The van der Waals surface area contributed by atoms with Gasteiger partial charge in [-0.25, -0.2) is 17.8 Å². The second-order valence-corrected chi connectivity index (χ2v) is 10.5. The Kier molecular flexibility index (Phi) is 6.89. The van der Waals surface area contributed by atoms with Crippen molar-refractivity contribution < 1.29 is 27.4 Å². The predicted molar refractivity (Wildman–Crippen MR) is 122 cm³/mol. The van der Waals surface area contributed by atoms with Crippen LogP contribution in [0, 0.1) is 5.82 Å². The summed E-state index contributed by atoms with van der Waals surface area (Å²) in [6, 6.07) is 3.71. The van der Waals surface area contributed by atoms with Crippen LogP contribution < -0.4 is 15.2 Å². The first kappa shape index (κ1) is 24.1. The average molecular weight is 495 g/mol. The van der Waals surface area contributed by atoms with Crippen LogP contribution in [0.5, 0.6) is 5.75 Å². The molecule has 0 radical (unpaired) electrons. The minimum atomic E-state index is -3.59. The molecule has 0 unspecified atom stereocenters. The molecular formula is C22H27FN4O6S. The summed E-state index contributed by atoms with van der Waals surface area (Å²) in [6.07, 6.45) is 2.44. The molecule has 12 heteroatoms. The zero-order chi connectivity index (χ0) is 24.5. The third-order valence-corrected chi connectivity index (χ3v) is 8.06. The Morgan fingerprint density at radius 3 is 2.74 bits per heavy atom. The largest absolute Gasteiger partial charge is 0.501 e. The van der Waals surface area contributed by atoms with E-state index in [4.69, 9.17) is 4.74 Å². The number of anilines is 1. The Morgan fingerprint density at radius 2 is 2.03 bits per heavy atom. The van der Waals surface area contributed by atoms with E-state index in [9.17, 15) is 27.5 Å². The van der Waals surface area contributed by atoms with E-state index in [0.717, 1.165) is 10.4 Å². The van der Waals surface area contributed by atoms with Crippen molar-refractivity contribution in [2.24, 2.45) is 7.05 Å². The second-order valence-electron chi connectivity index (χ2n) is 8.47. The lowest BCUT2D eigenvalue weighted by Crippen LogP contribution is -2.39. The van der Waals surface area contributed by atoms with Crippen molar-refractivity contribution in [2.75, 3.05) is 29.8 Å². The zero-order valence-corrected chi connectivity index (χ0v) is 19.6. The molecule has 0 spiro atoms. The van der Waals surface area contributed by atoms with Crippen LogP contribution in [0.15, 0.2) is 23.0 Å². The molecule has 0 saturated carbocycles. The van der Waals surface area contributed by atoms with E-state index in [-0.39, 0.29) is 30.4 Å². The maximum absolute atomic E-state index is 14.0. The van der Waals surface area contributed by atoms with Gasteiger partial charge in [0.2, 0.25) is 15.8 Å². The van der Waals surface area contributed by atoms with E-state index in [1.54, 1.807) is 0 Å². The molecule has 2 aromatic rings. The molecule has 3 heterocycles. The lowest BCUT2D eigenvalue weighted by Gasteiger charge is -2.30. The van der Waals surface area contributed by atoms with Crippen molar-refractivity contribution in [3.05, 3.63) is 51.5 Å². The predicted octanol–water partition coefficient (Wildman–Crippen LogP) is 1.38. The Balaban J connectivity index is 1.60. The van der Waals surface area contributed by atoms with Crippen molar-refractivity contribution >= 4 is 21.6 Å². The molecule has 2 N–H and O–H groups in total. The maximum atomic E-state index is 14.0. The van der Waals surface area contributed by atoms with Gasteiger partial charge in [-0.05, 0) is 43.4 Å². The molecule has 0 atom stereocenters. The quantitative estimate of drug-likeness (QED) is 0.642. The summed E-state index contributed by atoms with van der Waals surface area (Å²) in [7, 11) is -2.10. The van der Waals surface area contributed by atoms with Gasteiger partial charge >= 0.3 is 0 Å². The minimum Gasteiger partial charge on any atom is -0.501 e. The number of ether oxygens (including phenoxy) is 1. The molecule has 2 saturated heterocycles. The number of amides is 1. The lowest BCUT2D eigenvalue weighted by atomic mass is 9.99. The number of carbonyl (C=O) groups is 1. The fraction of sp³-hybridized carbons (Fsp3) is 0.500. The van der Waals surface area contributed by atoms with Gasteiger partial charge in [-0.15, -0.1) is 0 Å². The summed E-state index contributed by atoms with van der Waals surface area (Å²) < 4.78 is 46.8. The first-order valence-corrected chi connectivity index (χ1v) is 12.7. The number of hydrogen-bond donors (Lipinski definition) is 2. The van der Waals surface area contributed by atoms with Crippen LogP contribution in [-0.4, -0.2) is 54.5 Å². The SMILES string of the molecule is Cn1c(C2CCOCC2)nc(C(=O)NCc2ccc(F)cc2N2CCCCS2(=O)=O)c(O)c1=O. The van der Waals surface area contributed by atoms with Crippen molar-refractivity contribution in [3.63, 3.8) is 0 Å². The number of benzene rings is 1. The number of aromatic hydroxyl groups is 1. The number of halogens is 1. The summed E-state index contributed by atoms with van der Waals surface area (Å²) in [5.74, 6) is -1.90. The number of rotatable bonds is 5. The Hall–Kier alpha value is -2.99. The number of hydrogen-bond acceptors (Lipinski definition) is 7. The highest BCUT2D eigenvalue weighted by Gasteiger charge is 2.29. The van der Waals surface area contributed by atoms with Gasteiger partial charge in [-0.3, -0.25) is 18.5 Å². The van der Waals surface area contributed by atoms with Gasteiger partial charge in [0.05, 0.1) is 11.4 Å². The third-order valence-electron chi connectivity index (χ3n) is 6.21. The molecular weight excluding hydrogens is 467 g/mol. The zero-order valence-electron chi connectivity index (χ0n) is 18.8. The normalized spacial score (nSPS) is 18.6. The summed E-state index contributed by atoms with van der Waals surface area (Å²) in [5, 5.41) is 12.9. The molecule has 184 valence electrons. The fourth-order valence-corrected chi connectivity index (χ4v) is 5.99. The molecule has 1 aromatic heterocycles. The number of sulfonamides is 1. The number of carbonyl (C=O) groups excluding carboxylic acids is 1.